The lowest BCUT2D eigenvalue weighted by Crippen LogP contribution is -2.05. The largest absolute Gasteiger partial charge is 0.506 e. The lowest BCUT2D eigenvalue weighted by atomic mass is 10.1. The Bertz CT molecular complexity index is 713. The normalized spacial score (nSPS) is 10.2. The molecule has 0 amide bonds. The first-order valence-electron chi connectivity index (χ1n) is 4.96. The van der Waals surface area contributed by atoms with Gasteiger partial charge in [-0.2, -0.15) is 10.2 Å². The number of aromatic hydroxyl groups is 1. The van der Waals surface area contributed by atoms with E-state index in [1.807, 2.05) is 6.07 Å². The van der Waals surface area contributed by atoms with Gasteiger partial charge in [0.1, 0.15) is 29.0 Å². The van der Waals surface area contributed by atoms with Crippen LogP contribution in [0.5, 0.6) is 5.75 Å². The van der Waals surface area contributed by atoms with Crippen molar-refractivity contribution in [2.24, 2.45) is 0 Å². The van der Waals surface area contributed by atoms with Crippen LogP contribution in [0.25, 0.3) is 11.3 Å². The number of benzene rings is 1. The van der Waals surface area contributed by atoms with Crippen LogP contribution >= 0.6 is 15.9 Å². The van der Waals surface area contributed by atoms with E-state index < -0.39 is 11.6 Å². The lowest BCUT2D eigenvalue weighted by molar-refractivity contribution is 0.466. The van der Waals surface area contributed by atoms with Crippen LogP contribution in [0, 0.1) is 17.1 Å². The molecule has 0 bridgehead atoms. The Hall–Kier alpha value is -2.40. The maximum Gasteiger partial charge on any atom is 0.222 e. The number of nitrogens with zero attached hydrogens (tertiary/aromatic N) is 3. The fourth-order valence-electron chi connectivity index (χ4n) is 1.53. The molecule has 1 aromatic heterocycles. The smallest absolute Gasteiger partial charge is 0.222 e. The number of nitriles is 1. The minimum Gasteiger partial charge on any atom is -0.506 e. The Labute approximate surface area is 115 Å². The molecule has 2 aromatic rings. The second-order valence-electron chi connectivity index (χ2n) is 3.56. The highest BCUT2D eigenvalue weighted by Crippen LogP contribution is 2.38. The average Bonchev–Trinajstić information content (AvgIpc) is 2.35. The molecule has 0 saturated heterocycles. The predicted molar refractivity (Wildman–Crippen MR) is 70.3 cm³/mol. The second kappa shape index (κ2) is 4.70. The van der Waals surface area contributed by atoms with Gasteiger partial charge in [0.25, 0.3) is 0 Å². The number of phenolic OH excluding ortho intramolecular Hbond substituents is 1. The van der Waals surface area contributed by atoms with Crippen LogP contribution in [-0.2, 0) is 0 Å². The van der Waals surface area contributed by atoms with E-state index in [1.165, 1.54) is 6.07 Å². The van der Waals surface area contributed by atoms with Crippen molar-refractivity contribution in [1.29, 1.82) is 5.26 Å². The van der Waals surface area contributed by atoms with Gasteiger partial charge in [0, 0.05) is 5.56 Å². The number of nitrogens with two attached hydrogens (primary N) is 2. The Morgan fingerprint density at radius 3 is 2.63 bits per heavy atom. The Kier molecular flexibility index (Phi) is 3.23. The number of nitrogen functional groups attached to an aromatic ring is 2. The van der Waals surface area contributed by atoms with Crippen LogP contribution < -0.4 is 11.5 Å². The number of phenols is 1. The zero-order chi connectivity index (χ0) is 14.2. The van der Waals surface area contributed by atoms with Crippen LogP contribution in [0.3, 0.4) is 0 Å². The van der Waals surface area contributed by atoms with Crippen molar-refractivity contribution in [2.75, 3.05) is 11.5 Å². The topological polar surface area (TPSA) is 122 Å². The molecule has 0 spiro atoms. The van der Waals surface area contributed by atoms with Gasteiger partial charge >= 0.3 is 0 Å². The highest BCUT2D eigenvalue weighted by Gasteiger charge is 2.19. The summed E-state index contributed by atoms with van der Waals surface area (Å²) in [5.41, 5.74) is 11.2. The molecule has 0 saturated carbocycles. The van der Waals surface area contributed by atoms with Crippen LogP contribution in [0.15, 0.2) is 16.6 Å². The maximum atomic E-state index is 13.3. The highest BCUT2D eigenvalue weighted by molar-refractivity contribution is 9.10. The van der Waals surface area contributed by atoms with E-state index in [-0.39, 0.29) is 33.1 Å². The highest BCUT2D eigenvalue weighted by atomic mass is 79.9. The van der Waals surface area contributed by atoms with E-state index in [0.717, 1.165) is 6.07 Å². The minimum absolute atomic E-state index is 0.0389. The van der Waals surface area contributed by atoms with E-state index >= 15 is 0 Å². The molecular weight excluding hydrogens is 317 g/mol. The number of hydrogen-bond donors (Lipinski definition) is 3. The number of hydrogen-bond acceptors (Lipinski definition) is 6. The van der Waals surface area contributed by atoms with Gasteiger partial charge in [-0.25, -0.2) is 9.37 Å². The Morgan fingerprint density at radius 2 is 2.00 bits per heavy atom. The zero-order valence-electron chi connectivity index (χ0n) is 9.35. The predicted octanol–water partition coefficient (Wildman–Crippen LogP) is 1.79. The average molecular weight is 324 g/mol. The van der Waals surface area contributed by atoms with Crippen molar-refractivity contribution < 1.29 is 9.50 Å². The first-order valence-corrected chi connectivity index (χ1v) is 5.75. The van der Waals surface area contributed by atoms with Crippen LogP contribution in [0.1, 0.15) is 5.56 Å². The van der Waals surface area contributed by atoms with Crippen molar-refractivity contribution in [1.82, 2.24) is 9.97 Å². The summed E-state index contributed by atoms with van der Waals surface area (Å²) in [5, 5.41) is 18.9. The van der Waals surface area contributed by atoms with E-state index in [4.69, 9.17) is 16.7 Å². The molecule has 0 fully saturated rings. The third-order valence-electron chi connectivity index (χ3n) is 2.39. The van der Waals surface area contributed by atoms with Crippen molar-refractivity contribution >= 4 is 27.7 Å². The van der Waals surface area contributed by atoms with Gasteiger partial charge < -0.3 is 16.6 Å². The third kappa shape index (κ3) is 2.15. The van der Waals surface area contributed by atoms with Gasteiger partial charge in [-0.05, 0) is 28.1 Å². The fourth-order valence-corrected chi connectivity index (χ4v) is 1.88. The van der Waals surface area contributed by atoms with Crippen molar-refractivity contribution in [3.63, 3.8) is 0 Å². The molecule has 0 aliphatic carbocycles. The fraction of sp³-hybridized carbons (Fsp3) is 0. The summed E-state index contributed by atoms with van der Waals surface area (Å²) >= 11 is 2.90. The van der Waals surface area contributed by atoms with Crippen LogP contribution in [0.2, 0.25) is 0 Å². The van der Waals surface area contributed by atoms with Crippen LogP contribution in [-0.4, -0.2) is 15.1 Å². The summed E-state index contributed by atoms with van der Waals surface area (Å²) in [7, 11) is 0. The lowest BCUT2D eigenvalue weighted by Gasteiger charge is -2.09. The molecule has 0 aliphatic heterocycles. The van der Waals surface area contributed by atoms with E-state index in [2.05, 4.69) is 25.9 Å². The first kappa shape index (κ1) is 13.0. The van der Waals surface area contributed by atoms with Gasteiger partial charge in [0.2, 0.25) is 5.95 Å². The number of rotatable bonds is 1. The van der Waals surface area contributed by atoms with Gasteiger partial charge in [-0.1, -0.05) is 0 Å². The molecule has 5 N–H and O–H groups in total. The molecule has 0 radical (unpaired) electrons. The van der Waals surface area contributed by atoms with Crippen molar-refractivity contribution in [3.05, 3.63) is 28.0 Å². The maximum absolute atomic E-state index is 13.3. The standard InChI is InChI=1S/C11H7BrFN5O/c12-7-6(13)2-1-4(9(7)19)8-5(3-14)10(15)18-11(16)17-8/h1-2,19H,(H4,15,16,17,18). The van der Waals surface area contributed by atoms with E-state index in [0.29, 0.717) is 0 Å². The summed E-state index contributed by atoms with van der Waals surface area (Å²) in [6.45, 7) is 0. The van der Waals surface area contributed by atoms with Crippen molar-refractivity contribution in [2.45, 2.75) is 0 Å². The van der Waals surface area contributed by atoms with Gasteiger partial charge in [0.05, 0.1) is 10.2 Å². The molecule has 0 atom stereocenters. The summed E-state index contributed by atoms with van der Waals surface area (Å²) < 4.78 is 13.1. The molecule has 0 unspecified atom stereocenters. The monoisotopic (exact) mass is 323 g/mol. The van der Waals surface area contributed by atoms with Gasteiger partial charge in [-0.15, -0.1) is 0 Å². The van der Waals surface area contributed by atoms with E-state index in [1.54, 1.807) is 0 Å². The molecule has 1 heterocycles. The Morgan fingerprint density at radius 1 is 1.32 bits per heavy atom. The Balaban J connectivity index is 2.80. The van der Waals surface area contributed by atoms with Gasteiger partial charge in [0.15, 0.2) is 0 Å². The molecule has 8 heteroatoms. The molecule has 19 heavy (non-hydrogen) atoms. The molecular formula is C11H7BrFN5O. The summed E-state index contributed by atoms with van der Waals surface area (Å²) in [6, 6.07) is 4.22. The number of aromatic nitrogens is 2. The molecule has 0 aliphatic rings. The first-order chi connectivity index (χ1) is 8.95. The van der Waals surface area contributed by atoms with Crippen molar-refractivity contribution in [3.8, 4) is 23.1 Å². The molecule has 2 rings (SSSR count). The quantitative estimate of drug-likeness (QED) is 0.735. The molecule has 1 aromatic carbocycles. The van der Waals surface area contributed by atoms with Crippen LogP contribution in [0.4, 0.5) is 16.2 Å². The minimum atomic E-state index is -0.644. The number of halogens is 2. The zero-order valence-corrected chi connectivity index (χ0v) is 10.9. The SMILES string of the molecule is N#Cc1c(N)nc(N)nc1-c1ccc(F)c(Br)c1O. The second-order valence-corrected chi connectivity index (χ2v) is 4.35. The third-order valence-corrected chi connectivity index (χ3v) is 3.14. The summed E-state index contributed by atoms with van der Waals surface area (Å²) in [4.78, 5) is 7.52. The van der Waals surface area contributed by atoms with Gasteiger partial charge in [-0.3, -0.25) is 0 Å². The molecule has 96 valence electrons. The number of anilines is 2. The summed E-state index contributed by atoms with van der Waals surface area (Å²) in [6.07, 6.45) is 0. The molecule has 6 nitrogen and oxygen atoms in total. The summed E-state index contributed by atoms with van der Waals surface area (Å²) in [5.74, 6) is -1.29. The van der Waals surface area contributed by atoms with E-state index in [9.17, 15) is 9.50 Å².